The summed E-state index contributed by atoms with van der Waals surface area (Å²) < 4.78 is 1.82. The Morgan fingerprint density at radius 3 is 2.62 bits per heavy atom. The Bertz CT molecular complexity index is 1080. The first-order chi connectivity index (χ1) is 13.7. The number of fused-ring (bicyclic) bond motifs is 1. The van der Waals surface area contributed by atoms with Crippen LogP contribution in [0.3, 0.4) is 0 Å². The number of nitrogens with zero attached hydrogens (tertiary/aromatic N) is 4. The number of benzene rings is 1. The minimum absolute atomic E-state index is 0.00496. The van der Waals surface area contributed by atoms with Gasteiger partial charge in [-0.2, -0.15) is 10.4 Å². The summed E-state index contributed by atoms with van der Waals surface area (Å²) in [6.45, 7) is 9.56. The van der Waals surface area contributed by atoms with Crippen LogP contribution in [0.25, 0.3) is 16.8 Å². The number of nitriles is 1. The van der Waals surface area contributed by atoms with E-state index in [4.69, 9.17) is 4.98 Å². The van der Waals surface area contributed by atoms with Crippen LogP contribution in [-0.2, 0) is 4.79 Å². The second kappa shape index (κ2) is 8.26. The van der Waals surface area contributed by atoms with Gasteiger partial charge in [0, 0.05) is 5.56 Å². The van der Waals surface area contributed by atoms with E-state index in [1.807, 2.05) is 68.6 Å². The molecule has 0 aliphatic rings. The summed E-state index contributed by atoms with van der Waals surface area (Å²) in [4.78, 5) is 17.3. The summed E-state index contributed by atoms with van der Waals surface area (Å²) in [7, 11) is 0. The Kier molecular flexibility index (Phi) is 5.94. The molecule has 0 spiro atoms. The maximum atomic E-state index is 12.5. The van der Waals surface area contributed by atoms with Crippen molar-refractivity contribution in [2.24, 2.45) is 5.92 Å². The van der Waals surface area contributed by atoms with Crippen molar-refractivity contribution in [3.05, 3.63) is 47.7 Å². The number of aryl methyl sites for hydroxylation is 2. The summed E-state index contributed by atoms with van der Waals surface area (Å²) in [6, 6.07) is 14.2. The molecule has 3 rings (SSSR count). The molecular formula is C22H25N5OS. The number of hydrogen-bond donors (Lipinski definition) is 1. The van der Waals surface area contributed by atoms with E-state index in [2.05, 4.69) is 16.5 Å². The van der Waals surface area contributed by atoms with Crippen molar-refractivity contribution < 1.29 is 4.79 Å². The Labute approximate surface area is 175 Å². The van der Waals surface area contributed by atoms with Crippen molar-refractivity contribution in [1.82, 2.24) is 19.9 Å². The van der Waals surface area contributed by atoms with Gasteiger partial charge in [0.2, 0.25) is 5.91 Å². The zero-order chi connectivity index (χ0) is 21.2. The quantitative estimate of drug-likeness (QED) is 0.620. The summed E-state index contributed by atoms with van der Waals surface area (Å²) >= 11 is 1.32. The number of rotatable bonds is 6. The summed E-state index contributed by atoms with van der Waals surface area (Å²) in [5.74, 6) is -0.0353. The zero-order valence-corrected chi connectivity index (χ0v) is 18.2. The Morgan fingerprint density at radius 1 is 1.31 bits per heavy atom. The maximum Gasteiger partial charge on any atom is 0.231 e. The third kappa shape index (κ3) is 4.28. The molecule has 2 heterocycles. The number of aromatic nitrogens is 3. The van der Waals surface area contributed by atoms with Crippen molar-refractivity contribution in [2.75, 3.05) is 5.75 Å². The van der Waals surface area contributed by atoms with Crippen LogP contribution in [0.2, 0.25) is 0 Å². The third-order valence-corrected chi connectivity index (χ3v) is 5.98. The fraction of sp³-hybridized carbons (Fsp3) is 0.364. The van der Waals surface area contributed by atoms with Gasteiger partial charge < -0.3 is 5.32 Å². The molecule has 0 aliphatic heterocycles. The largest absolute Gasteiger partial charge is 0.337 e. The standard InChI is InChI=1S/C22H25N5OS/c1-14(2)22(5,13-23)25-18(28)12-29-21-24-19(17-9-7-6-8-10-17)20-15(3)11-16(4)26-27(20)21/h6-11,14H,12H2,1-5H3,(H,25,28)/t22-/m1/s1. The van der Waals surface area contributed by atoms with Gasteiger partial charge in [-0.3, -0.25) is 4.79 Å². The SMILES string of the molecule is Cc1cc(C)c2c(-c3ccccc3)nc(SCC(=O)N[C@](C)(C#N)C(C)C)n2n1. The van der Waals surface area contributed by atoms with E-state index in [0.717, 1.165) is 28.0 Å². The van der Waals surface area contributed by atoms with Crippen molar-refractivity contribution in [3.8, 4) is 17.3 Å². The zero-order valence-electron chi connectivity index (χ0n) is 17.4. The molecule has 1 aromatic carbocycles. The first-order valence-corrected chi connectivity index (χ1v) is 10.5. The molecule has 0 unspecified atom stereocenters. The normalized spacial score (nSPS) is 13.3. The van der Waals surface area contributed by atoms with Crippen LogP contribution in [0.4, 0.5) is 0 Å². The highest BCUT2D eigenvalue weighted by Gasteiger charge is 2.30. The van der Waals surface area contributed by atoms with Crippen LogP contribution < -0.4 is 5.32 Å². The minimum atomic E-state index is -0.896. The predicted octanol–water partition coefficient (Wildman–Crippen LogP) is 4.16. The molecule has 6 nitrogen and oxygen atoms in total. The smallest absolute Gasteiger partial charge is 0.231 e. The van der Waals surface area contributed by atoms with Gasteiger partial charge in [0.15, 0.2) is 5.16 Å². The van der Waals surface area contributed by atoms with Crippen LogP contribution in [0.1, 0.15) is 32.0 Å². The van der Waals surface area contributed by atoms with Crippen LogP contribution in [0.5, 0.6) is 0 Å². The van der Waals surface area contributed by atoms with Gasteiger partial charge in [0.05, 0.1) is 28.7 Å². The van der Waals surface area contributed by atoms with Crippen molar-refractivity contribution in [1.29, 1.82) is 5.26 Å². The van der Waals surface area contributed by atoms with E-state index in [9.17, 15) is 10.1 Å². The first kappa shape index (κ1) is 20.9. The highest BCUT2D eigenvalue weighted by molar-refractivity contribution is 7.99. The summed E-state index contributed by atoms with van der Waals surface area (Å²) in [5.41, 5.74) is 3.86. The second-order valence-corrected chi connectivity index (χ2v) is 8.59. The molecule has 1 N–H and O–H groups in total. The number of thioether (sulfide) groups is 1. The molecule has 0 radical (unpaired) electrons. The lowest BCUT2D eigenvalue weighted by molar-refractivity contribution is -0.120. The minimum Gasteiger partial charge on any atom is -0.337 e. The molecule has 0 bridgehead atoms. The fourth-order valence-corrected chi connectivity index (χ4v) is 3.80. The van der Waals surface area contributed by atoms with Gasteiger partial charge in [0.25, 0.3) is 0 Å². The Hall–Kier alpha value is -2.85. The highest BCUT2D eigenvalue weighted by Crippen LogP contribution is 2.30. The average Bonchev–Trinajstić information content (AvgIpc) is 3.05. The van der Waals surface area contributed by atoms with Gasteiger partial charge in [-0.1, -0.05) is 55.9 Å². The van der Waals surface area contributed by atoms with Crippen LogP contribution >= 0.6 is 11.8 Å². The lowest BCUT2D eigenvalue weighted by Crippen LogP contribution is -2.49. The molecule has 3 aromatic rings. The van der Waals surface area contributed by atoms with E-state index in [0.29, 0.717) is 5.16 Å². The Morgan fingerprint density at radius 2 is 2.00 bits per heavy atom. The molecule has 2 aromatic heterocycles. The summed E-state index contributed by atoms with van der Waals surface area (Å²) in [5, 5.41) is 17.6. The molecule has 29 heavy (non-hydrogen) atoms. The number of hydrogen-bond acceptors (Lipinski definition) is 5. The van der Waals surface area contributed by atoms with Gasteiger partial charge in [0.1, 0.15) is 5.54 Å². The molecule has 0 aliphatic carbocycles. The van der Waals surface area contributed by atoms with E-state index in [-0.39, 0.29) is 17.6 Å². The average molecular weight is 408 g/mol. The lowest BCUT2D eigenvalue weighted by Gasteiger charge is -2.27. The van der Waals surface area contributed by atoms with Gasteiger partial charge in [-0.05, 0) is 38.3 Å². The van der Waals surface area contributed by atoms with Gasteiger partial charge in [-0.25, -0.2) is 9.50 Å². The highest BCUT2D eigenvalue weighted by atomic mass is 32.2. The van der Waals surface area contributed by atoms with E-state index < -0.39 is 5.54 Å². The monoisotopic (exact) mass is 407 g/mol. The third-order valence-electron chi connectivity index (χ3n) is 5.05. The van der Waals surface area contributed by atoms with Crippen molar-refractivity contribution in [2.45, 2.75) is 45.3 Å². The van der Waals surface area contributed by atoms with E-state index in [1.165, 1.54) is 11.8 Å². The molecule has 0 saturated heterocycles. The molecule has 0 saturated carbocycles. The summed E-state index contributed by atoms with van der Waals surface area (Å²) in [6.07, 6.45) is 0. The van der Waals surface area contributed by atoms with Crippen molar-refractivity contribution >= 4 is 23.2 Å². The van der Waals surface area contributed by atoms with Gasteiger partial charge >= 0.3 is 0 Å². The number of carbonyl (C=O) groups is 1. The van der Waals surface area contributed by atoms with Crippen LogP contribution in [0.15, 0.2) is 41.6 Å². The molecule has 150 valence electrons. The van der Waals surface area contributed by atoms with Crippen LogP contribution in [0, 0.1) is 31.1 Å². The van der Waals surface area contributed by atoms with E-state index >= 15 is 0 Å². The van der Waals surface area contributed by atoms with Crippen molar-refractivity contribution in [3.63, 3.8) is 0 Å². The van der Waals surface area contributed by atoms with Gasteiger partial charge in [-0.15, -0.1) is 0 Å². The molecular weight excluding hydrogens is 382 g/mol. The van der Waals surface area contributed by atoms with E-state index in [1.54, 1.807) is 6.92 Å². The molecule has 0 fully saturated rings. The topological polar surface area (TPSA) is 83.1 Å². The number of nitrogens with one attached hydrogen (secondary N) is 1. The fourth-order valence-electron chi connectivity index (χ4n) is 3.05. The molecule has 1 amide bonds. The second-order valence-electron chi connectivity index (χ2n) is 7.64. The Balaban J connectivity index is 1.92. The molecule has 7 heteroatoms. The maximum absolute atomic E-state index is 12.5. The van der Waals surface area contributed by atoms with Crippen LogP contribution in [-0.4, -0.2) is 31.8 Å². The number of carbonyl (C=O) groups excluding carboxylic acids is 1. The predicted molar refractivity (Wildman–Crippen MR) is 116 cm³/mol. The first-order valence-electron chi connectivity index (χ1n) is 9.52. The molecule has 1 atom stereocenters. The number of amides is 1. The lowest BCUT2D eigenvalue weighted by atomic mass is 9.90. The number of imidazole rings is 1.